The fourth-order valence-electron chi connectivity index (χ4n) is 2.23. The summed E-state index contributed by atoms with van der Waals surface area (Å²) in [6, 6.07) is 11.9. The average Bonchev–Trinajstić information content (AvgIpc) is 2.92. The first-order chi connectivity index (χ1) is 12.0. The third-order valence-corrected chi connectivity index (χ3v) is 5.15. The number of amides is 1. The lowest BCUT2D eigenvalue weighted by Gasteiger charge is -2.07. The number of thioether (sulfide) groups is 1. The van der Waals surface area contributed by atoms with Crippen molar-refractivity contribution < 1.29 is 9.90 Å². The zero-order chi connectivity index (χ0) is 17.8. The number of nitrogens with one attached hydrogen (secondary N) is 1. The van der Waals surface area contributed by atoms with Gasteiger partial charge in [-0.15, -0.1) is 5.10 Å². The summed E-state index contributed by atoms with van der Waals surface area (Å²) in [5.41, 5.74) is 1.35. The van der Waals surface area contributed by atoms with E-state index >= 15 is 0 Å². The minimum absolute atomic E-state index is 0.114. The number of carbonyl (C=O) groups excluding carboxylic acids is 1. The van der Waals surface area contributed by atoms with E-state index in [9.17, 15) is 9.90 Å². The Hall–Kier alpha value is -2.02. The Balaban J connectivity index is 1.68. The molecule has 0 aromatic heterocycles. The van der Waals surface area contributed by atoms with Crippen LogP contribution in [0.5, 0.6) is 5.75 Å². The van der Waals surface area contributed by atoms with Crippen LogP contribution in [0.2, 0.25) is 10.0 Å². The summed E-state index contributed by atoms with van der Waals surface area (Å²) in [5.74, 6) is -0.0411. The molecular weight excluding hydrogens is 381 g/mol. The van der Waals surface area contributed by atoms with Gasteiger partial charge >= 0.3 is 0 Å². The molecule has 2 N–H and O–H groups in total. The van der Waals surface area contributed by atoms with Crippen molar-refractivity contribution >= 4 is 52.3 Å². The number of benzene rings is 2. The minimum Gasteiger partial charge on any atom is -0.507 e. The van der Waals surface area contributed by atoms with Gasteiger partial charge in [0.15, 0.2) is 5.17 Å². The zero-order valence-electron chi connectivity index (χ0n) is 12.8. The molecule has 0 aliphatic carbocycles. The topological polar surface area (TPSA) is 74.0 Å². The molecule has 0 radical (unpaired) electrons. The number of halogens is 2. The molecule has 0 bridgehead atoms. The molecule has 1 atom stereocenters. The van der Waals surface area contributed by atoms with Crippen molar-refractivity contribution in [3.8, 4) is 5.75 Å². The fraction of sp³-hybridized carbons (Fsp3) is 0.118. The number of nitrogens with zero attached hydrogens (tertiary/aromatic N) is 2. The molecule has 1 amide bonds. The van der Waals surface area contributed by atoms with Crippen molar-refractivity contribution in [1.29, 1.82) is 0 Å². The van der Waals surface area contributed by atoms with Crippen LogP contribution in [0.25, 0.3) is 0 Å². The molecule has 3 rings (SSSR count). The second-order valence-electron chi connectivity index (χ2n) is 5.24. The van der Waals surface area contributed by atoms with Gasteiger partial charge in [-0.1, -0.05) is 47.1 Å². The van der Waals surface area contributed by atoms with Crippen LogP contribution in [0.4, 0.5) is 0 Å². The van der Waals surface area contributed by atoms with E-state index in [1.54, 1.807) is 42.5 Å². The van der Waals surface area contributed by atoms with Gasteiger partial charge in [0.25, 0.3) is 0 Å². The van der Waals surface area contributed by atoms with E-state index in [0.29, 0.717) is 27.2 Å². The lowest BCUT2D eigenvalue weighted by Crippen LogP contribution is -2.26. The smallest absolute Gasteiger partial charge is 0.239 e. The first kappa shape index (κ1) is 17.8. The Morgan fingerprint density at radius 3 is 2.84 bits per heavy atom. The van der Waals surface area contributed by atoms with Crippen molar-refractivity contribution in [2.45, 2.75) is 11.7 Å². The lowest BCUT2D eigenvalue weighted by molar-refractivity contribution is -0.118. The molecule has 5 nitrogen and oxygen atoms in total. The molecule has 0 saturated carbocycles. The number of phenolic OH excluding ortho intramolecular Hbond substituents is 1. The van der Waals surface area contributed by atoms with E-state index in [1.165, 1.54) is 18.0 Å². The van der Waals surface area contributed by atoms with E-state index < -0.39 is 0 Å². The maximum absolute atomic E-state index is 12.1. The quantitative estimate of drug-likeness (QED) is 0.611. The summed E-state index contributed by atoms with van der Waals surface area (Å²) >= 11 is 13.4. The maximum Gasteiger partial charge on any atom is 0.239 e. The van der Waals surface area contributed by atoms with Crippen molar-refractivity contribution in [3.05, 3.63) is 63.6 Å². The first-order valence-electron chi connectivity index (χ1n) is 7.33. The fourth-order valence-corrected chi connectivity index (χ4v) is 3.57. The molecule has 128 valence electrons. The number of amidine groups is 1. The Morgan fingerprint density at radius 2 is 2.04 bits per heavy atom. The Labute approximate surface area is 158 Å². The normalized spacial score (nSPS) is 18.9. The zero-order valence-corrected chi connectivity index (χ0v) is 15.1. The molecule has 2 aromatic rings. The SMILES string of the molecule is O=C1N/C(=N\N=C/c2ccccc2O)S[C@@H]1Cc1cc(Cl)ccc1Cl. The third kappa shape index (κ3) is 4.54. The molecule has 8 heteroatoms. The Bertz CT molecular complexity index is 871. The van der Waals surface area contributed by atoms with Crippen molar-refractivity contribution in [3.63, 3.8) is 0 Å². The number of aromatic hydroxyl groups is 1. The number of rotatable bonds is 4. The largest absolute Gasteiger partial charge is 0.507 e. The second kappa shape index (κ2) is 7.91. The van der Waals surface area contributed by atoms with Gasteiger partial charge in [-0.05, 0) is 42.3 Å². The predicted molar refractivity (Wildman–Crippen MR) is 103 cm³/mol. The van der Waals surface area contributed by atoms with Gasteiger partial charge in [-0.3, -0.25) is 4.79 Å². The summed E-state index contributed by atoms with van der Waals surface area (Å²) in [6.07, 6.45) is 1.87. The monoisotopic (exact) mass is 393 g/mol. The van der Waals surface area contributed by atoms with Gasteiger partial charge in [0.1, 0.15) is 5.75 Å². The number of phenols is 1. The molecule has 1 aliphatic rings. The van der Waals surface area contributed by atoms with Crippen molar-refractivity contribution in [2.75, 3.05) is 0 Å². The molecule has 0 spiro atoms. The van der Waals surface area contributed by atoms with Gasteiger partial charge in [0.05, 0.1) is 11.5 Å². The summed E-state index contributed by atoms with van der Waals surface area (Å²) in [4.78, 5) is 12.1. The van der Waals surface area contributed by atoms with E-state index in [-0.39, 0.29) is 16.9 Å². The highest BCUT2D eigenvalue weighted by Crippen LogP contribution is 2.28. The van der Waals surface area contributed by atoms with Crippen LogP contribution in [0.15, 0.2) is 52.7 Å². The number of hydrogen-bond donors (Lipinski definition) is 2. The molecule has 1 aliphatic heterocycles. The summed E-state index contributed by atoms with van der Waals surface area (Å²) in [5, 5.41) is 21.4. The number of carbonyl (C=O) groups is 1. The maximum atomic E-state index is 12.1. The van der Waals surface area contributed by atoms with Crippen LogP contribution in [0.3, 0.4) is 0 Å². The van der Waals surface area contributed by atoms with E-state index in [4.69, 9.17) is 23.2 Å². The first-order valence-corrected chi connectivity index (χ1v) is 8.97. The number of para-hydroxylation sites is 1. The molecule has 1 heterocycles. The molecule has 0 unspecified atom stereocenters. The highest BCUT2D eigenvalue weighted by molar-refractivity contribution is 8.15. The van der Waals surface area contributed by atoms with Crippen LogP contribution >= 0.6 is 35.0 Å². The molecular formula is C17H13Cl2N3O2S. The van der Waals surface area contributed by atoms with Gasteiger partial charge in [-0.25, -0.2) is 0 Å². The second-order valence-corrected chi connectivity index (χ2v) is 7.28. The Kier molecular flexibility index (Phi) is 5.63. The molecule has 1 saturated heterocycles. The van der Waals surface area contributed by atoms with Gasteiger partial charge in [0.2, 0.25) is 5.91 Å². The van der Waals surface area contributed by atoms with Crippen LogP contribution in [-0.2, 0) is 11.2 Å². The standard InChI is InChI=1S/C17H13Cl2N3O2S/c18-12-5-6-13(19)11(7-12)8-15-16(24)21-17(25-15)22-20-9-10-3-1-2-4-14(10)23/h1-7,9,15,23H,8H2,(H,21,22,24)/b20-9-/t15-/m1/s1. The molecule has 25 heavy (non-hydrogen) atoms. The molecule has 1 fully saturated rings. The Morgan fingerprint density at radius 1 is 1.24 bits per heavy atom. The highest BCUT2D eigenvalue weighted by Gasteiger charge is 2.31. The van der Waals surface area contributed by atoms with Crippen LogP contribution in [0, 0.1) is 0 Å². The van der Waals surface area contributed by atoms with E-state index in [1.807, 2.05) is 0 Å². The van der Waals surface area contributed by atoms with Crippen LogP contribution in [-0.4, -0.2) is 27.6 Å². The summed E-state index contributed by atoms with van der Waals surface area (Å²) < 4.78 is 0. The van der Waals surface area contributed by atoms with Crippen molar-refractivity contribution in [2.24, 2.45) is 10.2 Å². The molecule has 2 aromatic carbocycles. The van der Waals surface area contributed by atoms with E-state index in [2.05, 4.69) is 15.5 Å². The summed E-state index contributed by atoms with van der Waals surface area (Å²) in [6.45, 7) is 0. The average molecular weight is 394 g/mol. The third-order valence-electron chi connectivity index (χ3n) is 3.47. The lowest BCUT2D eigenvalue weighted by atomic mass is 10.1. The van der Waals surface area contributed by atoms with Gasteiger partial charge < -0.3 is 10.4 Å². The van der Waals surface area contributed by atoms with Gasteiger partial charge in [0, 0.05) is 15.6 Å². The van der Waals surface area contributed by atoms with Crippen molar-refractivity contribution in [1.82, 2.24) is 5.32 Å². The van der Waals surface area contributed by atoms with E-state index in [0.717, 1.165) is 5.56 Å². The van der Waals surface area contributed by atoms with Crippen LogP contribution in [0.1, 0.15) is 11.1 Å². The predicted octanol–water partition coefficient (Wildman–Crippen LogP) is 3.86. The van der Waals surface area contributed by atoms with Crippen LogP contribution < -0.4 is 5.32 Å². The summed E-state index contributed by atoms with van der Waals surface area (Å²) in [7, 11) is 0. The number of hydrogen-bond acceptors (Lipinski definition) is 5. The minimum atomic E-state index is -0.352. The highest BCUT2D eigenvalue weighted by atomic mass is 35.5. The van der Waals surface area contributed by atoms with Gasteiger partial charge in [-0.2, -0.15) is 5.10 Å².